The van der Waals surface area contributed by atoms with Gasteiger partial charge in [-0.15, -0.1) is 11.3 Å². The number of fused-ring (bicyclic) bond motifs is 3. The summed E-state index contributed by atoms with van der Waals surface area (Å²) in [7, 11) is 0. The lowest BCUT2D eigenvalue weighted by Gasteiger charge is -2.23. The maximum atomic E-state index is 12.9. The van der Waals surface area contributed by atoms with Crippen molar-refractivity contribution in [1.29, 1.82) is 5.26 Å². The van der Waals surface area contributed by atoms with E-state index in [1.807, 2.05) is 12.2 Å². The number of carbonyl (C=O) groups is 2. The molecule has 2 bridgehead atoms. The number of rotatable bonds is 3. The lowest BCUT2D eigenvalue weighted by atomic mass is 9.82. The van der Waals surface area contributed by atoms with Gasteiger partial charge in [0.15, 0.2) is 0 Å². The Morgan fingerprint density at radius 1 is 1.16 bits per heavy atom. The molecule has 130 valence electrons. The van der Waals surface area contributed by atoms with Crippen molar-refractivity contribution in [2.75, 3.05) is 5.32 Å². The minimum Gasteiger partial charge on any atom is -0.481 e. The van der Waals surface area contributed by atoms with Gasteiger partial charge in [-0.3, -0.25) is 9.59 Å². The molecular formula is C19H20N2O3S. The summed E-state index contributed by atoms with van der Waals surface area (Å²) in [6.07, 6.45) is 9.85. The molecule has 0 aromatic carbocycles. The normalized spacial score (nSPS) is 29.7. The van der Waals surface area contributed by atoms with Gasteiger partial charge in [-0.25, -0.2) is 0 Å². The number of allylic oxidation sites excluding steroid dienone is 2. The van der Waals surface area contributed by atoms with Crippen molar-refractivity contribution >= 4 is 28.2 Å². The molecule has 2 N–H and O–H groups in total. The van der Waals surface area contributed by atoms with Crippen LogP contribution in [0.3, 0.4) is 0 Å². The highest BCUT2D eigenvalue weighted by Gasteiger charge is 2.51. The van der Waals surface area contributed by atoms with E-state index in [2.05, 4.69) is 11.4 Å². The van der Waals surface area contributed by atoms with Crippen molar-refractivity contribution in [3.63, 3.8) is 0 Å². The minimum absolute atomic E-state index is 0.00516. The highest BCUT2D eigenvalue weighted by Crippen LogP contribution is 2.49. The van der Waals surface area contributed by atoms with Crippen LogP contribution in [0, 0.1) is 35.0 Å². The van der Waals surface area contributed by atoms with Gasteiger partial charge >= 0.3 is 5.97 Å². The predicted molar refractivity (Wildman–Crippen MR) is 94.3 cm³/mol. The maximum Gasteiger partial charge on any atom is 0.307 e. The van der Waals surface area contributed by atoms with E-state index in [1.54, 1.807) is 0 Å². The molecule has 0 saturated heterocycles. The van der Waals surface area contributed by atoms with E-state index < -0.39 is 17.8 Å². The van der Waals surface area contributed by atoms with Gasteiger partial charge in [-0.2, -0.15) is 5.26 Å². The lowest BCUT2D eigenvalue weighted by molar-refractivity contribution is -0.146. The van der Waals surface area contributed by atoms with E-state index in [-0.39, 0.29) is 17.7 Å². The fraction of sp³-hybridized carbons (Fsp3) is 0.526. The van der Waals surface area contributed by atoms with E-state index in [0.717, 1.165) is 37.7 Å². The van der Waals surface area contributed by atoms with E-state index in [0.29, 0.717) is 10.6 Å². The SMILES string of the molecule is N#Cc1c(NC(=O)[C@H]2[C@H](C(=O)O)[C@H]3C=C[C@H]2C3)sc2c1CCCCC2. The van der Waals surface area contributed by atoms with Gasteiger partial charge in [-0.05, 0) is 49.5 Å². The third kappa shape index (κ3) is 2.67. The number of aliphatic carboxylic acids is 1. The summed E-state index contributed by atoms with van der Waals surface area (Å²) >= 11 is 1.50. The fourth-order valence-corrected chi connectivity index (χ4v) is 5.90. The molecule has 6 heteroatoms. The second kappa shape index (κ2) is 6.30. The summed E-state index contributed by atoms with van der Waals surface area (Å²) in [5.41, 5.74) is 1.67. The van der Waals surface area contributed by atoms with E-state index >= 15 is 0 Å². The molecule has 0 radical (unpaired) electrons. The summed E-state index contributed by atoms with van der Waals surface area (Å²) in [6, 6.07) is 2.26. The van der Waals surface area contributed by atoms with E-state index in [1.165, 1.54) is 22.6 Å². The summed E-state index contributed by atoms with van der Waals surface area (Å²) < 4.78 is 0. The van der Waals surface area contributed by atoms with Crippen molar-refractivity contribution in [1.82, 2.24) is 0 Å². The Morgan fingerprint density at radius 3 is 2.60 bits per heavy atom. The summed E-state index contributed by atoms with van der Waals surface area (Å²) in [4.78, 5) is 25.7. The van der Waals surface area contributed by atoms with Crippen LogP contribution in [0.1, 0.15) is 41.7 Å². The second-order valence-electron chi connectivity index (χ2n) is 7.21. The maximum absolute atomic E-state index is 12.9. The van der Waals surface area contributed by atoms with Crippen LogP contribution in [0.4, 0.5) is 5.00 Å². The first-order valence-electron chi connectivity index (χ1n) is 8.86. The minimum atomic E-state index is -0.903. The number of hydrogen-bond acceptors (Lipinski definition) is 4. The van der Waals surface area contributed by atoms with Crippen LogP contribution in [-0.2, 0) is 22.4 Å². The summed E-state index contributed by atoms with van der Waals surface area (Å²) in [5.74, 6) is -2.40. The van der Waals surface area contributed by atoms with Crippen LogP contribution >= 0.6 is 11.3 Å². The van der Waals surface area contributed by atoms with Crippen LogP contribution in [0.2, 0.25) is 0 Å². The van der Waals surface area contributed by atoms with Crippen LogP contribution in [0.25, 0.3) is 0 Å². The summed E-state index contributed by atoms with van der Waals surface area (Å²) in [6.45, 7) is 0. The number of amides is 1. The smallest absolute Gasteiger partial charge is 0.307 e. The van der Waals surface area contributed by atoms with Gasteiger partial charge in [0.2, 0.25) is 5.91 Å². The number of carboxylic acids is 1. The number of nitrogens with one attached hydrogen (secondary N) is 1. The molecule has 0 unspecified atom stereocenters. The molecule has 1 heterocycles. The molecule has 4 atom stereocenters. The topological polar surface area (TPSA) is 90.2 Å². The summed E-state index contributed by atoms with van der Waals surface area (Å²) in [5, 5.41) is 22.6. The van der Waals surface area contributed by atoms with Crippen molar-refractivity contribution in [3.05, 3.63) is 28.2 Å². The molecule has 1 aromatic heterocycles. The molecule has 1 saturated carbocycles. The van der Waals surface area contributed by atoms with Crippen molar-refractivity contribution in [2.24, 2.45) is 23.7 Å². The molecule has 1 fully saturated rings. The number of nitrogens with zero attached hydrogens (tertiary/aromatic N) is 1. The Labute approximate surface area is 150 Å². The number of carbonyl (C=O) groups excluding carboxylic acids is 1. The molecule has 5 nitrogen and oxygen atoms in total. The number of thiophene rings is 1. The van der Waals surface area contributed by atoms with Crippen molar-refractivity contribution in [2.45, 2.75) is 38.5 Å². The Kier molecular flexibility index (Phi) is 4.12. The van der Waals surface area contributed by atoms with Crippen LogP contribution in [-0.4, -0.2) is 17.0 Å². The highest BCUT2D eigenvalue weighted by atomic mass is 32.1. The average Bonchev–Trinajstić information content (AvgIpc) is 3.23. The molecule has 0 aliphatic heterocycles. The van der Waals surface area contributed by atoms with E-state index in [9.17, 15) is 20.0 Å². The number of aryl methyl sites for hydroxylation is 1. The molecule has 4 rings (SSSR count). The zero-order chi connectivity index (χ0) is 17.6. The van der Waals surface area contributed by atoms with Gasteiger partial charge in [-0.1, -0.05) is 18.6 Å². The number of anilines is 1. The first-order valence-corrected chi connectivity index (χ1v) is 9.68. The quantitative estimate of drug-likeness (QED) is 0.642. The Bertz CT molecular complexity index is 804. The highest BCUT2D eigenvalue weighted by molar-refractivity contribution is 7.16. The van der Waals surface area contributed by atoms with Crippen LogP contribution in [0.5, 0.6) is 0 Å². The van der Waals surface area contributed by atoms with Gasteiger partial charge in [0.05, 0.1) is 17.4 Å². The lowest BCUT2D eigenvalue weighted by Crippen LogP contribution is -2.36. The zero-order valence-electron chi connectivity index (χ0n) is 13.8. The third-order valence-corrected chi connectivity index (χ3v) is 7.02. The van der Waals surface area contributed by atoms with Gasteiger partial charge in [0.1, 0.15) is 11.1 Å². The third-order valence-electron chi connectivity index (χ3n) is 5.82. The largest absolute Gasteiger partial charge is 0.481 e. The first-order chi connectivity index (χ1) is 12.1. The Hall–Kier alpha value is -2.13. The van der Waals surface area contributed by atoms with Gasteiger partial charge < -0.3 is 10.4 Å². The van der Waals surface area contributed by atoms with E-state index in [4.69, 9.17) is 0 Å². The zero-order valence-corrected chi connectivity index (χ0v) is 14.6. The number of nitriles is 1. The molecular weight excluding hydrogens is 336 g/mol. The average molecular weight is 356 g/mol. The molecule has 1 amide bonds. The first kappa shape index (κ1) is 16.3. The molecule has 3 aliphatic rings. The standard InChI is InChI=1S/C19H20N2O3S/c20-9-13-12-4-2-1-3-5-14(12)25-18(13)21-17(22)15-10-6-7-11(8-10)16(15)19(23)24/h6-7,10-11,15-16H,1-5,8H2,(H,21,22)(H,23,24)/t10-,11-,15+,16+/m0/s1. The monoisotopic (exact) mass is 356 g/mol. The van der Waals surface area contributed by atoms with Gasteiger partial charge in [0.25, 0.3) is 0 Å². The fourth-order valence-electron chi connectivity index (χ4n) is 4.66. The number of hydrogen-bond donors (Lipinski definition) is 2. The Morgan fingerprint density at radius 2 is 1.88 bits per heavy atom. The second-order valence-corrected chi connectivity index (χ2v) is 8.31. The van der Waals surface area contributed by atoms with Crippen LogP contribution < -0.4 is 5.32 Å². The van der Waals surface area contributed by atoms with Gasteiger partial charge in [0, 0.05) is 4.88 Å². The Balaban J connectivity index is 1.60. The number of carboxylic acid groups (broad SMARTS) is 1. The molecule has 1 aromatic rings. The molecule has 25 heavy (non-hydrogen) atoms. The molecule has 0 spiro atoms. The predicted octanol–water partition coefficient (Wildman–Crippen LogP) is 3.35. The van der Waals surface area contributed by atoms with Crippen LogP contribution in [0.15, 0.2) is 12.2 Å². The molecule has 3 aliphatic carbocycles. The van der Waals surface area contributed by atoms with Crippen molar-refractivity contribution < 1.29 is 14.7 Å². The van der Waals surface area contributed by atoms with Crippen molar-refractivity contribution in [3.8, 4) is 6.07 Å².